The van der Waals surface area contributed by atoms with Gasteiger partial charge in [-0.2, -0.15) is 0 Å². The van der Waals surface area contributed by atoms with E-state index in [-0.39, 0.29) is 17.9 Å². The second-order valence-electron chi connectivity index (χ2n) is 7.05. The largest absolute Gasteiger partial charge is 0.352 e. The smallest absolute Gasteiger partial charge is 0.242 e. The highest BCUT2D eigenvalue weighted by molar-refractivity contribution is 7.99. The fraction of sp³-hybridized carbons (Fsp3) is 0.391. The van der Waals surface area contributed by atoms with Crippen LogP contribution in [0, 0.1) is 0 Å². The first-order valence-corrected chi connectivity index (χ1v) is 11.3. The van der Waals surface area contributed by atoms with Crippen LogP contribution >= 0.6 is 23.4 Å². The molecule has 156 valence electrons. The van der Waals surface area contributed by atoms with Gasteiger partial charge in [-0.3, -0.25) is 9.59 Å². The van der Waals surface area contributed by atoms with Gasteiger partial charge in [0.05, 0.1) is 0 Å². The van der Waals surface area contributed by atoms with E-state index in [1.165, 1.54) is 0 Å². The molecule has 0 saturated carbocycles. The zero-order valence-electron chi connectivity index (χ0n) is 17.2. The van der Waals surface area contributed by atoms with Gasteiger partial charge in [0.15, 0.2) is 0 Å². The molecule has 2 aromatic carbocycles. The van der Waals surface area contributed by atoms with Gasteiger partial charge < -0.3 is 10.2 Å². The number of rotatable bonds is 10. The second kappa shape index (κ2) is 11.9. The topological polar surface area (TPSA) is 49.4 Å². The highest BCUT2D eigenvalue weighted by Crippen LogP contribution is 2.22. The Morgan fingerprint density at radius 1 is 1.07 bits per heavy atom. The minimum absolute atomic E-state index is 0.0258. The van der Waals surface area contributed by atoms with Crippen LogP contribution in [-0.2, 0) is 16.1 Å². The highest BCUT2D eigenvalue weighted by atomic mass is 35.5. The monoisotopic (exact) mass is 432 g/mol. The number of halogens is 1. The zero-order valence-corrected chi connectivity index (χ0v) is 18.8. The Morgan fingerprint density at radius 3 is 2.34 bits per heavy atom. The van der Waals surface area contributed by atoms with E-state index in [0.29, 0.717) is 23.7 Å². The Kier molecular flexibility index (Phi) is 9.55. The van der Waals surface area contributed by atoms with Crippen molar-refractivity contribution in [2.24, 2.45) is 0 Å². The molecular weight excluding hydrogens is 404 g/mol. The molecule has 0 saturated heterocycles. The maximum absolute atomic E-state index is 13.0. The highest BCUT2D eigenvalue weighted by Gasteiger charge is 2.26. The third kappa shape index (κ3) is 7.75. The van der Waals surface area contributed by atoms with Crippen molar-refractivity contribution in [3.8, 4) is 0 Å². The second-order valence-corrected chi connectivity index (χ2v) is 8.66. The average Bonchev–Trinajstić information content (AvgIpc) is 2.73. The Labute approximate surface area is 183 Å². The number of hydrogen-bond acceptors (Lipinski definition) is 3. The normalized spacial score (nSPS) is 12.8. The molecule has 29 heavy (non-hydrogen) atoms. The number of nitrogens with one attached hydrogen (secondary N) is 1. The van der Waals surface area contributed by atoms with Crippen LogP contribution < -0.4 is 5.32 Å². The maximum Gasteiger partial charge on any atom is 0.242 e. The van der Waals surface area contributed by atoms with Gasteiger partial charge in [-0.05, 0) is 50.1 Å². The van der Waals surface area contributed by atoms with Crippen LogP contribution in [0.1, 0.15) is 39.2 Å². The number of nitrogens with zero attached hydrogens (tertiary/aromatic N) is 1. The predicted octanol–water partition coefficient (Wildman–Crippen LogP) is 5.15. The molecule has 2 rings (SSSR count). The fourth-order valence-corrected chi connectivity index (χ4v) is 3.73. The van der Waals surface area contributed by atoms with Crippen molar-refractivity contribution in [2.75, 3.05) is 5.75 Å². The number of benzene rings is 2. The Balaban J connectivity index is 2.03. The third-order valence-corrected chi connectivity index (χ3v) is 6.03. The van der Waals surface area contributed by atoms with Gasteiger partial charge in [0.2, 0.25) is 11.8 Å². The SMILES string of the molecule is CC[C@H](C)NC(=O)[C@@H](C)N(Cc1ccccc1)C(=O)CCSc1ccc(Cl)cc1. The molecule has 0 aliphatic heterocycles. The van der Waals surface area contributed by atoms with Crippen LogP contribution in [0.2, 0.25) is 5.02 Å². The van der Waals surface area contributed by atoms with Gasteiger partial charge in [-0.15, -0.1) is 11.8 Å². The summed E-state index contributed by atoms with van der Waals surface area (Å²) in [5.74, 6) is 0.502. The van der Waals surface area contributed by atoms with E-state index in [1.54, 1.807) is 23.6 Å². The van der Waals surface area contributed by atoms with E-state index in [4.69, 9.17) is 11.6 Å². The lowest BCUT2D eigenvalue weighted by molar-refractivity contribution is -0.140. The van der Waals surface area contributed by atoms with Gasteiger partial charge in [-0.1, -0.05) is 48.9 Å². The van der Waals surface area contributed by atoms with Crippen LogP contribution in [0.15, 0.2) is 59.5 Å². The standard InChI is InChI=1S/C23H29ClN2O2S/c1-4-17(2)25-23(28)18(3)26(16-19-8-6-5-7-9-19)22(27)14-15-29-21-12-10-20(24)11-13-21/h5-13,17-18H,4,14-16H2,1-3H3,(H,25,28)/t17-,18+/m0/s1. The molecule has 0 heterocycles. The summed E-state index contributed by atoms with van der Waals surface area (Å²) in [4.78, 5) is 28.4. The summed E-state index contributed by atoms with van der Waals surface area (Å²) in [6, 6.07) is 16.9. The summed E-state index contributed by atoms with van der Waals surface area (Å²) in [7, 11) is 0. The van der Waals surface area contributed by atoms with Crippen molar-refractivity contribution in [2.45, 2.75) is 57.1 Å². The Bertz CT molecular complexity index is 783. The molecule has 0 radical (unpaired) electrons. The van der Waals surface area contributed by atoms with Gasteiger partial charge in [0.1, 0.15) is 6.04 Å². The molecule has 0 fully saturated rings. The quantitative estimate of drug-likeness (QED) is 0.528. The van der Waals surface area contributed by atoms with Crippen molar-refractivity contribution < 1.29 is 9.59 Å². The summed E-state index contributed by atoms with van der Waals surface area (Å²) < 4.78 is 0. The predicted molar refractivity (Wildman–Crippen MR) is 121 cm³/mol. The molecule has 0 bridgehead atoms. The number of carbonyl (C=O) groups excluding carboxylic acids is 2. The summed E-state index contributed by atoms with van der Waals surface area (Å²) in [6.07, 6.45) is 1.21. The molecule has 0 spiro atoms. The zero-order chi connectivity index (χ0) is 21.2. The van der Waals surface area contributed by atoms with Crippen molar-refractivity contribution >= 4 is 35.2 Å². The summed E-state index contributed by atoms with van der Waals surface area (Å²) >= 11 is 7.53. The molecular formula is C23H29ClN2O2S. The molecule has 2 amide bonds. The maximum atomic E-state index is 13.0. The minimum Gasteiger partial charge on any atom is -0.352 e. The summed E-state index contributed by atoms with van der Waals surface area (Å²) in [6.45, 7) is 6.21. The van der Waals surface area contributed by atoms with Gasteiger partial charge in [0, 0.05) is 34.7 Å². The van der Waals surface area contributed by atoms with Gasteiger partial charge in [0.25, 0.3) is 0 Å². The minimum atomic E-state index is -0.530. The fourth-order valence-electron chi connectivity index (χ4n) is 2.76. The van der Waals surface area contributed by atoms with E-state index in [1.807, 2.05) is 68.4 Å². The molecule has 2 aromatic rings. The van der Waals surface area contributed by atoms with Crippen molar-refractivity contribution in [3.63, 3.8) is 0 Å². The lowest BCUT2D eigenvalue weighted by Gasteiger charge is -2.29. The van der Waals surface area contributed by atoms with E-state index in [0.717, 1.165) is 16.9 Å². The number of carbonyl (C=O) groups is 2. The van der Waals surface area contributed by atoms with E-state index in [2.05, 4.69) is 5.32 Å². The molecule has 2 atom stereocenters. The van der Waals surface area contributed by atoms with E-state index in [9.17, 15) is 9.59 Å². The van der Waals surface area contributed by atoms with Gasteiger partial charge in [-0.25, -0.2) is 0 Å². The van der Waals surface area contributed by atoms with Crippen LogP contribution in [0.5, 0.6) is 0 Å². The number of thioether (sulfide) groups is 1. The first-order chi connectivity index (χ1) is 13.9. The van der Waals surface area contributed by atoms with Crippen LogP contribution in [0.25, 0.3) is 0 Å². The Hall–Kier alpha value is -1.98. The van der Waals surface area contributed by atoms with Crippen LogP contribution in [0.4, 0.5) is 0 Å². The third-order valence-electron chi connectivity index (χ3n) is 4.76. The van der Waals surface area contributed by atoms with Crippen LogP contribution in [0.3, 0.4) is 0 Å². The molecule has 1 N–H and O–H groups in total. The lowest BCUT2D eigenvalue weighted by Crippen LogP contribution is -2.49. The van der Waals surface area contributed by atoms with E-state index >= 15 is 0 Å². The lowest BCUT2D eigenvalue weighted by atomic mass is 10.1. The summed E-state index contributed by atoms with van der Waals surface area (Å²) in [5, 5.41) is 3.68. The number of amides is 2. The van der Waals surface area contributed by atoms with Gasteiger partial charge >= 0.3 is 0 Å². The van der Waals surface area contributed by atoms with Crippen molar-refractivity contribution in [1.29, 1.82) is 0 Å². The summed E-state index contributed by atoms with van der Waals surface area (Å²) in [5.41, 5.74) is 1.01. The molecule has 4 nitrogen and oxygen atoms in total. The molecule has 0 aliphatic rings. The van der Waals surface area contributed by atoms with Crippen molar-refractivity contribution in [1.82, 2.24) is 10.2 Å². The average molecular weight is 433 g/mol. The molecule has 0 aromatic heterocycles. The Morgan fingerprint density at radius 2 is 1.72 bits per heavy atom. The van der Waals surface area contributed by atoms with Crippen molar-refractivity contribution in [3.05, 3.63) is 65.2 Å². The molecule has 6 heteroatoms. The molecule has 0 unspecified atom stereocenters. The van der Waals surface area contributed by atoms with Crippen LogP contribution in [-0.4, -0.2) is 34.6 Å². The van der Waals surface area contributed by atoms with E-state index < -0.39 is 6.04 Å². The first kappa shape index (κ1) is 23.3. The molecule has 0 aliphatic carbocycles. The first-order valence-electron chi connectivity index (χ1n) is 9.92. The number of hydrogen-bond donors (Lipinski definition) is 1.